The van der Waals surface area contributed by atoms with E-state index in [1.807, 2.05) is 18.2 Å². The summed E-state index contributed by atoms with van der Waals surface area (Å²) in [5, 5.41) is 2.87. The number of fused-ring (bicyclic) bond motifs is 1. The first-order chi connectivity index (χ1) is 12.2. The maximum absolute atomic E-state index is 12.6. The molecule has 0 unspecified atom stereocenters. The number of methoxy groups -OCH3 is 2. The minimum absolute atomic E-state index is 0.195. The molecular weight excluding hydrogens is 322 g/mol. The number of nitrogens with one attached hydrogen (secondary N) is 1. The van der Waals surface area contributed by atoms with Gasteiger partial charge in [-0.05, 0) is 35.4 Å². The Labute approximate surface area is 146 Å². The molecule has 3 rings (SSSR count). The van der Waals surface area contributed by atoms with Gasteiger partial charge in [0.25, 0.3) is 0 Å². The third-order valence-corrected chi connectivity index (χ3v) is 3.96. The van der Waals surface area contributed by atoms with Crippen molar-refractivity contribution in [2.75, 3.05) is 32.8 Å². The lowest BCUT2D eigenvalue weighted by atomic mass is 10.1. The molecule has 2 amide bonds. The van der Waals surface area contributed by atoms with E-state index in [0.717, 1.165) is 16.9 Å². The predicted octanol–water partition coefficient (Wildman–Crippen LogP) is 2.66. The Hall–Kier alpha value is -2.80. The molecule has 1 aliphatic heterocycles. The highest BCUT2D eigenvalue weighted by Gasteiger charge is 2.24. The van der Waals surface area contributed by atoms with E-state index in [4.69, 9.17) is 14.2 Å². The van der Waals surface area contributed by atoms with Crippen molar-refractivity contribution in [1.82, 2.24) is 9.88 Å². The third kappa shape index (κ3) is 4.00. The molecule has 0 saturated heterocycles. The molecule has 0 saturated carbocycles. The summed E-state index contributed by atoms with van der Waals surface area (Å²) >= 11 is 0. The molecule has 1 aliphatic rings. The molecule has 1 N–H and O–H groups in total. The van der Waals surface area contributed by atoms with E-state index in [2.05, 4.69) is 10.3 Å². The lowest BCUT2D eigenvalue weighted by molar-refractivity contribution is 0.144. The summed E-state index contributed by atoms with van der Waals surface area (Å²) in [7, 11) is 3.24. The zero-order valence-corrected chi connectivity index (χ0v) is 14.3. The van der Waals surface area contributed by atoms with Crippen molar-refractivity contribution in [2.24, 2.45) is 0 Å². The largest absolute Gasteiger partial charge is 0.497 e. The van der Waals surface area contributed by atoms with E-state index in [1.165, 1.54) is 0 Å². The summed E-state index contributed by atoms with van der Waals surface area (Å²) in [5.74, 6) is 1.17. The van der Waals surface area contributed by atoms with Gasteiger partial charge in [-0.25, -0.2) is 9.78 Å². The van der Waals surface area contributed by atoms with Crippen LogP contribution in [-0.2, 0) is 17.8 Å². The zero-order valence-electron chi connectivity index (χ0n) is 14.3. The maximum Gasteiger partial charge on any atom is 0.322 e. The van der Waals surface area contributed by atoms with Crippen LogP contribution >= 0.6 is 0 Å². The highest BCUT2D eigenvalue weighted by Crippen LogP contribution is 2.28. The Morgan fingerprint density at radius 2 is 2.04 bits per heavy atom. The second-order valence-corrected chi connectivity index (χ2v) is 5.62. The molecule has 7 heteroatoms. The number of anilines is 1. The van der Waals surface area contributed by atoms with Crippen LogP contribution in [0.15, 0.2) is 36.5 Å². The summed E-state index contributed by atoms with van der Waals surface area (Å²) in [6, 6.07) is 9.18. The number of carbonyl (C=O) groups is 1. The second kappa shape index (κ2) is 7.85. The lowest BCUT2D eigenvalue weighted by Crippen LogP contribution is -2.30. The number of rotatable bonds is 6. The average Bonchev–Trinajstić information content (AvgIpc) is 3.06. The minimum atomic E-state index is -0.195. The van der Waals surface area contributed by atoms with Crippen LogP contribution in [0.5, 0.6) is 11.6 Å². The Morgan fingerprint density at radius 1 is 1.20 bits per heavy atom. The molecule has 0 atom stereocenters. The number of ether oxygens (including phenoxy) is 3. The first-order valence-electron chi connectivity index (χ1n) is 7.99. The monoisotopic (exact) mass is 343 g/mol. The topological polar surface area (TPSA) is 72.9 Å². The van der Waals surface area contributed by atoms with Crippen LogP contribution in [0.1, 0.15) is 11.1 Å². The molecule has 2 aromatic rings. The number of carbonyl (C=O) groups excluding carboxylic acids is 1. The number of amides is 2. The Bertz CT molecular complexity index is 751. The number of hydrogen-bond acceptors (Lipinski definition) is 5. The van der Waals surface area contributed by atoms with Crippen molar-refractivity contribution in [3.8, 4) is 11.6 Å². The SMILES string of the molecule is COCCOc1ncccc1NC(=O)N1Cc2ccc(OC)cc2C1. The Morgan fingerprint density at radius 3 is 2.84 bits per heavy atom. The highest BCUT2D eigenvalue weighted by molar-refractivity contribution is 5.90. The normalized spacial score (nSPS) is 12.6. The summed E-state index contributed by atoms with van der Waals surface area (Å²) in [6.45, 7) is 1.92. The van der Waals surface area contributed by atoms with Gasteiger partial charge in [0.1, 0.15) is 18.0 Å². The fraction of sp³-hybridized carbons (Fsp3) is 0.333. The van der Waals surface area contributed by atoms with Gasteiger partial charge in [-0.3, -0.25) is 0 Å². The Kier molecular flexibility index (Phi) is 5.35. The van der Waals surface area contributed by atoms with Gasteiger partial charge >= 0.3 is 6.03 Å². The van der Waals surface area contributed by atoms with Crippen molar-refractivity contribution in [3.05, 3.63) is 47.7 Å². The van der Waals surface area contributed by atoms with Crippen molar-refractivity contribution < 1.29 is 19.0 Å². The van der Waals surface area contributed by atoms with Crippen LogP contribution in [0.2, 0.25) is 0 Å². The first-order valence-corrected chi connectivity index (χ1v) is 7.99. The second-order valence-electron chi connectivity index (χ2n) is 5.62. The van der Waals surface area contributed by atoms with Gasteiger partial charge in [0, 0.05) is 26.4 Å². The van der Waals surface area contributed by atoms with Gasteiger partial charge in [-0.15, -0.1) is 0 Å². The molecule has 0 radical (unpaired) electrons. The Balaban J connectivity index is 1.65. The van der Waals surface area contributed by atoms with Crippen LogP contribution in [0.4, 0.5) is 10.5 Å². The summed E-state index contributed by atoms with van der Waals surface area (Å²) in [6.07, 6.45) is 1.62. The van der Waals surface area contributed by atoms with Crippen LogP contribution in [0, 0.1) is 0 Å². The smallest absolute Gasteiger partial charge is 0.322 e. The summed E-state index contributed by atoms with van der Waals surface area (Å²) < 4.78 is 15.7. The fourth-order valence-electron chi connectivity index (χ4n) is 2.66. The number of nitrogens with zero attached hydrogens (tertiary/aromatic N) is 2. The van der Waals surface area contributed by atoms with Gasteiger partial charge in [-0.2, -0.15) is 0 Å². The molecule has 0 spiro atoms. The molecule has 25 heavy (non-hydrogen) atoms. The van der Waals surface area contributed by atoms with E-state index >= 15 is 0 Å². The molecule has 0 fully saturated rings. The van der Waals surface area contributed by atoms with Gasteiger partial charge in [-0.1, -0.05) is 6.07 Å². The van der Waals surface area contributed by atoms with Crippen molar-refractivity contribution in [3.63, 3.8) is 0 Å². The van der Waals surface area contributed by atoms with E-state index < -0.39 is 0 Å². The molecule has 2 heterocycles. The van der Waals surface area contributed by atoms with E-state index in [-0.39, 0.29) is 6.03 Å². The zero-order chi connectivity index (χ0) is 17.6. The highest BCUT2D eigenvalue weighted by atomic mass is 16.5. The van der Waals surface area contributed by atoms with Crippen LogP contribution in [0.25, 0.3) is 0 Å². The lowest BCUT2D eigenvalue weighted by Gasteiger charge is -2.17. The van der Waals surface area contributed by atoms with Crippen molar-refractivity contribution in [2.45, 2.75) is 13.1 Å². The molecule has 1 aromatic carbocycles. The summed E-state index contributed by atoms with van der Waals surface area (Å²) in [5.41, 5.74) is 2.76. The predicted molar refractivity (Wildman–Crippen MR) is 92.9 cm³/mol. The van der Waals surface area contributed by atoms with Crippen molar-refractivity contribution >= 4 is 11.7 Å². The fourth-order valence-corrected chi connectivity index (χ4v) is 2.66. The number of benzene rings is 1. The van der Waals surface area contributed by atoms with Crippen LogP contribution in [-0.4, -0.2) is 43.3 Å². The molecule has 0 aliphatic carbocycles. The van der Waals surface area contributed by atoms with Crippen LogP contribution < -0.4 is 14.8 Å². The molecule has 132 valence electrons. The van der Waals surface area contributed by atoms with E-state index in [9.17, 15) is 4.79 Å². The van der Waals surface area contributed by atoms with Crippen LogP contribution in [0.3, 0.4) is 0 Å². The molecule has 1 aromatic heterocycles. The van der Waals surface area contributed by atoms with Gasteiger partial charge in [0.05, 0.1) is 13.7 Å². The first kappa shape index (κ1) is 17.0. The molecule has 0 bridgehead atoms. The molecule has 7 nitrogen and oxygen atoms in total. The molecular formula is C18H21N3O4. The van der Waals surface area contributed by atoms with E-state index in [0.29, 0.717) is 37.9 Å². The number of urea groups is 1. The number of aromatic nitrogens is 1. The summed E-state index contributed by atoms with van der Waals surface area (Å²) in [4.78, 5) is 18.5. The number of pyridine rings is 1. The standard InChI is InChI=1S/C18H21N3O4/c1-23-8-9-25-17-16(4-3-7-19-17)20-18(22)21-11-13-5-6-15(24-2)10-14(13)12-21/h3-7,10H,8-9,11-12H2,1-2H3,(H,20,22). The third-order valence-electron chi connectivity index (χ3n) is 3.96. The minimum Gasteiger partial charge on any atom is -0.497 e. The van der Waals surface area contributed by atoms with E-state index in [1.54, 1.807) is 37.4 Å². The van der Waals surface area contributed by atoms with Crippen molar-refractivity contribution in [1.29, 1.82) is 0 Å². The van der Waals surface area contributed by atoms with Gasteiger partial charge in [0.15, 0.2) is 0 Å². The van der Waals surface area contributed by atoms with Gasteiger partial charge in [0.2, 0.25) is 5.88 Å². The average molecular weight is 343 g/mol. The maximum atomic E-state index is 12.6. The number of hydrogen-bond donors (Lipinski definition) is 1. The quantitative estimate of drug-likeness (QED) is 0.817. The van der Waals surface area contributed by atoms with Gasteiger partial charge < -0.3 is 24.4 Å².